The predicted molar refractivity (Wildman–Crippen MR) is 41.2 cm³/mol. The van der Waals surface area contributed by atoms with Gasteiger partial charge in [-0.05, 0) is 6.92 Å². The van der Waals surface area contributed by atoms with Gasteiger partial charge in [0.15, 0.2) is 11.5 Å². The molecule has 0 radical (unpaired) electrons. The standard InChI is InChI=1S/C7H7ClO3/c1-3-4(8)2-5(9)7(11)6(3)10/h2,9-11H,1H3. The van der Waals surface area contributed by atoms with Gasteiger partial charge in [0.05, 0.1) is 5.02 Å². The molecule has 4 heteroatoms. The zero-order chi connectivity index (χ0) is 8.59. The normalized spacial score (nSPS) is 10.0. The van der Waals surface area contributed by atoms with Crippen LogP contribution in [0.2, 0.25) is 5.02 Å². The van der Waals surface area contributed by atoms with Gasteiger partial charge in [-0.2, -0.15) is 0 Å². The second-order valence-electron chi connectivity index (χ2n) is 2.20. The van der Waals surface area contributed by atoms with Crippen LogP contribution < -0.4 is 0 Å². The third kappa shape index (κ3) is 1.19. The molecule has 0 heterocycles. The average molecular weight is 175 g/mol. The van der Waals surface area contributed by atoms with Crippen molar-refractivity contribution in [3.8, 4) is 17.2 Å². The molecule has 0 atom stereocenters. The van der Waals surface area contributed by atoms with Gasteiger partial charge in [-0.15, -0.1) is 0 Å². The molecule has 3 nitrogen and oxygen atoms in total. The molecule has 0 aliphatic rings. The van der Waals surface area contributed by atoms with Gasteiger partial charge in [0.2, 0.25) is 5.75 Å². The molecule has 11 heavy (non-hydrogen) atoms. The van der Waals surface area contributed by atoms with Crippen molar-refractivity contribution in [3.63, 3.8) is 0 Å². The lowest BCUT2D eigenvalue weighted by atomic mass is 10.2. The predicted octanol–water partition coefficient (Wildman–Crippen LogP) is 1.77. The second kappa shape index (κ2) is 2.51. The first-order chi connectivity index (χ1) is 5.04. The van der Waals surface area contributed by atoms with E-state index < -0.39 is 11.5 Å². The Morgan fingerprint density at radius 2 is 1.73 bits per heavy atom. The number of phenols is 3. The fourth-order valence-electron chi connectivity index (χ4n) is 0.709. The number of halogens is 1. The lowest BCUT2D eigenvalue weighted by molar-refractivity contribution is 0.366. The first-order valence-electron chi connectivity index (χ1n) is 2.94. The Morgan fingerprint density at radius 1 is 1.18 bits per heavy atom. The first kappa shape index (κ1) is 8.01. The summed E-state index contributed by atoms with van der Waals surface area (Å²) < 4.78 is 0. The zero-order valence-corrected chi connectivity index (χ0v) is 6.55. The Hall–Kier alpha value is -1.09. The van der Waals surface area contributed by atoms with Crippen molar-refractivity contribution in [2.24, 2.45) is 0 Å². The van der Waals surface area contributed by atoms with E-state index in [1.165, 1.54) is 13.0 Å². The molecule has 1 aromatic rings. The summed E-state index contributed by atoms with van der Waals surface area (Å²) in [7, 11) is 0. The van der Waals surface area contributed by atoms with Crippen LogP contribution in [0.3, 0.4) is 0 Å². The van der Waals surface area contributed by atoms with Crippen molar-refractivity contribution < 1.29 is 15.3 Å². The summed E-state index contributed by atoms with van der Waals surface area (Å²) in [6, 6.07) is 1.17. The minimum Gasteiger partial charge on any atom is -0.504 e. The van der Waals surface area contributed by atoms with Crippen LogP contribution in [0.15, 0.2) is 6.07 Å². The van der Waals surface area contributed by atoms with Crippen LogP contribution in [0.4, 0.5) is 0 Å². The Balaban J connectivity index is 3.46. The zero-order valence-electron chi connectivity index (χ0n) is 5.80. The Bertz CT molecular complexity index is 270. The largest absolute Gasteiger partial charge is 0.504 e. The Morgan fingerprint density at radius 3 is 2.27 bits per heavy atom. The molecule has 0 aliphatic carbocycles. The summed E-state index contributed by atoms with van der Waals surface area (Å²) in [6.45, 7) is 1.54. The van der Waals surface area contributed by atoms with E-state index in [9.17, 15) is 0 Å². The molecule has 0 spiro atoms. The average Bonchev–Trinajstić information content (AvgIpc) is 1.97. The molecule has 3 N–H and O–H groups in total. The third-order valence-electron chi connectivity index (χ3n) is 1.44. The summed E-state index contributed by atoms with van der Waals surface area (Å²) in [5.41, 5.74) is 0.349. The highest BCUT2D eigenvalue weighted by molar-refractivity contribution is 6.31. The van der Waals surface area contributed by atoms with Crippen molar-refractivity contribution in [2.75, 3.05) is 0 Å². The third-order valence-corrected chi connectivity index (χ3v) is 1.84. The first-order valence-corrected chi connectivity index (χ1v) is 3.32. The van der Waals surface area contributed by atoms with Crippen molar-refractivity contribution in [1.29, 1.82) is 0 Å². The van der Waals surface area contributed by atoms with Crippen LogP contribution in [-0.2, 0) is 0 Å². The highest BCUT2D eigenvalue weighted by Gasteiger charge is 2.11. The number of aromatic hydroxyl groups is 3. The number of phenolic OH excluding ortho intramolecular Hbond substituents is 3. The monoisotopic (exact) mass is 174 g/mol. The fraction of sp³-hybridized carbons (Fsp3) is 0.143. The lowest BCUT2D eigenvalue weighted by Crippen LogP contribution is -1.78. The molecule has 1 rings (SSSR count). The topological polar surface area (TPSA) is 60.7 Å². The van der Waals surface area contributed by atoms with Gasteiger partial charge in [0.25, 0.3) is 0 Å². The van der Waals surface area contributed by atoms with E-state index in [0.29, 0.717) is 5.56 Å². The summed E-state index contributed by atoms with van der Waals surface area (Å²) in [5.74, 6) is -1.33. The molecule has 0 amide bonds. The summed E-state index contributed by atoms with van der Waals surface area (Å²) in [4.78, 5) is 0. The molecule has 60 valence electrons. The van der Waals surface area contributed by atoms with Crippen LogP contribution in [-0.4, -0.2) is 15.3 Å². The smallest absolute Gasteiger partial charge is 0.200 e. The molecule has 0 aliphatic heterocycles. The number of hydrogen-bond donors (Lipinski definition) is 3. The van der Waals surface area contributed by atoms with E-state index in [1.807, 2.05) is 0 Å². The van der Waals surface area contributed by atoms with Crippen molar-refractivity contribution in [3.05, 3.63) is 16.7 Å². The molecule has 0 aromatic heterocycles. The van der Waals surface area contributed by atoms with Crippen LogP contribution in [0.25, 0.3) is 0 Å². The number of rotatable bonds is 0. The minimum atomic E-state index is -0.535. The van der Waals surface area contributed by atoms with Gasteiger partial charge in [0, 0.05) is 11.6 Å². The van der Waals surface area contributed by atoms with E-state index in [4.69, 9.17) is 26.9 Å². The molecule has 0 saturated heterocycles. The quantitative estimate of drug-likeness (QED) is 0.526. The molecule has 0 fully saturated rings. The SMILES string of the molecule is Cc1c(Cl)cc(O)c(O)c1O. The summed E-state index contributed by atoms with van der Waals surface area (Å²) in [6.07, 6.45) is 0. The minimum absolute atomic E-state index is 0.220. The van der Waals surface area contributed by atoms with Crippen LogP contribution >= 0.6 is 11.6 Å². The lowest BCUT2D eigenvalue weighted by Gasteiger charge is -2.04. The molecule has 1 aromatic carbocycles. The van der Waals surface area contributed by atoms with E-state index in [1.54, 1.807) is 0 Å². The van der Waals surface area contributed by atoms with E-state index in [0.717, 1.165) is 0 Å². The van der Waals surface area contributed by atoms with Crippen LogP contribution in [0, 0.1) is 6.92 Å². The van der Waals surface area contributed by atoms with Crippen molar-refractivity contribution in [2.45, 2.75) is 6.92 Å². The molecular formula is C7H7ClO3. The van der Waals surface area contributed by atoms with E-state index in [2.05, 4.69) is 0 Å². The van der Waals surface area contributed by atoms with Gasteiger partial charge in [-0.25, -0.2) is 0 Å². The van der Waals surface area contributed by atoms with Crippen molar-refractivity contribution >= 4 is 11.6 Å². The summed E-state index contributed by atoms with van der Waals surface area (Å²) in [5, 5.41) is 27.2. The maximum Gasteiger partial charge on any atom is 0.200 e. The van der Waals surface area contributed by atoms with Gasteiger partial charge >= 0.3 is 0 Å². The Kier molecular flexibility index (Phi) is 1.83. The molecule has 0 bridgehead atoms. The fourth-order valence-corrected chi connectivity index (χ4v) is 0.902. The second-order valence-corrected chi connectivity index (χ2v) is 2.61. The Labute approximate surface area is 68.5 Å². The van der Waals surface area contributed by atoms with Crippen LogP contribution in [0.1, 0.15) is 5.56 Å². The molecule has 0 unspecified atom stereocenters. The highest BCUT2D eigenvalue weighted by atomic mass is 35.5. The maximum absolute atomic E-state index is 9.07. The summed E-state index contributed by atoms with van der Waals surface area (Å²) >= 11 is 5.56. The van der Waals surface area contributed by atoms with Gasteiger partial charge in [0.1, 0.15) is 0 Å². The van der Waals surface area contributed by atoms with E-state index >= 15 is 0 Å². The van der Waals surface area contributed by atoms with Gasteiger partial charge in [-0.3, -0.25) is 0 Å². The number of hydrogen-bond acceptors (Lipinski definition) is 3. The van der Waals surface area contributed by atoms with Gasteiger partial charge < -0.3 is 15.3 Å². The van der Waals surface area contributed by atoms with E-state index in [-0.39, 0.29) is 10.8 Å². The number of benzene rings is 1. The van der Waals surface area contributed by atoms with Crippen molar-refractivity contribution in [1.82, 2.24) is 0 Å². The van der Waals surface area contributed by atoms with Gasteiger partial charge in [-0.1, -0.05) is 11.6 Å². The molecular weight excluding hydrogens is 168 g/mol. The molecule has 0 saturated carbocycles. The van der Waals surface area contributed by atoms with Crippen LogP contribution in [0.5, 0.6) is 17.2 Å². The highest BCUT2D eigenvalue weighted by Crippen LogP contribution is 2.40. The maximum atomic E-state index is 9.07.